The van der Waals surface area contributed by atoms with Crippen molar-refractivity contribution in [2.75, 3.05) is 46.3 Å². The summed E-state index contributed by atoms with van der Waals surface area (Å²) >= 11 is 3.30. The maximum atomic E-state index is 11.8. The van der Waals surface area contributed by atoms with Gasteiger partial charge < -0.3 is 10.2 Å². The molecule has 5 nitrogen and oxygen atoms in total. The third-order valence-corrected chi connectivity index (χ3v) is 3.74. The summed E-state index contributed by atoms with van der Waals surface area (Å²) < 4.78 is 0.876. The molecule has 0 bridgehead atoms. The highest BCUT2D eigenvalue weighted by atomic mass is 79.9. The second kappa shape index (κ2) is 6.98. The highest BCUT2D eigenvalue weighted by molar-refractivity contribution is 9.10. The number of piperazine rings is 1. The summed E-state index contributed by atoms with van der Waals surface area (Å²) in [6, 6.07) is 3.54. The first kappa shape index (κ1) is 14.4. The zero-order valence-corrected chi connectivity index (χ0v) is 12.7. The number of hydrogen-bond donors (Lipinski definition) is 1. The van der Waals surface area contributed by atoms with Gasteiger partial charge in [-0.2, -0.15) is 0 Å². The van der Waals surface area contributed by atoms with Gasteiger partial charge in [0, 0.05) is 49.9 Å². The Kier molecular flexibility index (Phi) is 5.30. The summed E-state index contributed by atoms with van der Waals surface area (Å²) in [5.41, 5.74) is 0.460. The van der Waals surface area contributed by atoms with Crippen molar-refractivity contribution < 1.29 is 4.79 Å². The summed E-state index contributed by atoms with van der Waals surface area (Å²) in [7, 11) is 2.14. The van der Waals surface area contributed by atoms with Crippen LogP contribution in [0.15, 0.2) is 22.8 Å². The van der Waals surface area contributed by atoms with E-state index in [9.17, 15) is 4.79 Å². The molecule has 1 aromatic rings. The lowest BCUT2D eigenvalue weighted by atomic mass is 10.3. The second-order valence-electron chi connectivity index (χ2n) is 4.76. The summed E-state index contributed by atoms with van der Waals surface area (Å²) in [5, 5.41) is 2.90. The predicted octanol–water partition coefficient (Wildman–Crippen LogP) is 0.821. The molecule has 1 N–H and O–H groups in total. The molecule has 104 valence electrons. The van der Waals surface area contributed by atoms with E-state index in [0.29, 0.717) is 12.2 Å². The fourth-order valence-corrected chi connectivity index (χ4v) is 2.23. The SMILES string of the molecule is CN1CCN(CCNC(=O)c2ccc(Br)cn2)CC1. The van der Waals surface area contributed by atoms with Crippen LogP contribution in [0.5, 0.6) is 0 Å². The van der Waals surface area contributed by atoms with Crippen molar-refractivity contribution in [3.8, 4) is 0 Å². The van der Waals surface area contributed by atoms with Crippen molar-refractivity contribution >= 4 is 21.8 Å². The molecule has 0 atom stereocenters. The van der Waals surface area contributed by atoms with Gasteiger partial charge in [-0.1, -0.05) is 0 Å². The third kappa shape index (κ3) is 4.56. The molecule has 1 saturated heterocycles. The van der Waals surface area contributed by atoms with Crippen LogP contribution in [0.2, 0.25) is 0 Å². The fraction of sp³-hybridized carbons (Fsp3) is 0.538. The Morgan fingerprint density at radius 2 is 2.11 bits per heavy atom. The van der Waals surface area contributed by atoms with Crippen LogP contribution < -0.4 is 5.32 Å². The standard InChI is InChI=1S/C13H19BrN4O/c1-17-6-8-18(9-7-17)5-4-15-13(19)12-3-2-11(14)10-16-12/h2-3,10H,4-9H2,1H3,(H,15,19). The van der Waals surface area contributed by atoms with E-state index in [4.69, 9.17) is 0 Å². The Labute approximate surface area is 122 Å². The molecule has 0 aromatic carbocycles. The Morgan fingerprint density at radius 3 is 2.74 bits per heavy atom. The maximum Gasteiger partial charge on any atom is 0.269 e. The van der Waals surface area contributed by atoms with Gasteiger partial charge in [0.15, 0.2) is 0 Å². The second-order valence-corrected chi connectivity index (χ2v) is 5.68. The van der Waals surface area contributed by atoms with Gasteiger partial charge in [0.25, 0.3) is 5.91 Å². The van der Waals surface area contributed by atoms with Crippen LogP contribution in [-0.4, -0.2) is 67.0 Å². The fourth-order valence-electron chi connectivity index (χ4n) is 2.00. The lowest BCUT2D eigenvalue weighted by molar-refractivity contribution is 0.0936. The molecule has 1 aromatic heterocycles. The molecular formula is C13H19BrN4O. The molecule has 0 saturated carbocycles. The van der Waals surface area contributed by atoms with Crippen LogP contribution >= 0.6 is 15.9 Å². The van der Waals surface area contributed by atoms with Gasteiger partial charge >= 0.3 is 0 Å². The molecule has 1 amide bonds. The van der Waals surface area contributed by atoms with E-state index in [2.05, 4.69) is 43.1 Å². The van der Waals surface area contributed by atoms with E-state index >= 15 is 0 Å². The van der Waals surface area contributed by atoms with Crippen LogP contribution in [0, 0.1) is 0 Å². The zero-order chi connectivity index (χ0) is 13.7. The number of nitrogens with zero attached hydrogens (tertiary/aromatic N) is 3. The van der Waals surface area contributed by atoms with E-state index in [1.165, 1.54) is 0 Å². The van der Waals surface area contributed by atoms with Crippen LogP contribution in [0.25, 0.3) is 0 Å². The lowest BCUT2D eigenvalue weighted by Gasteiger charge is -2.32. The summed E-state index contributed by atoms with van der Waals surface area (Å²) in [6.07, 6.45) is 1.63. The van der Waals surface area contributed by atoms with E-state index in [1.54, 1.807) is 12.3 Å². The lowest BCUT2D eigenvalue weighted by Crippen LogP contribution is -2.46. The Balaban J connectivity index is 1.70. The van der Waals surface area contributed by atoms with Crippen molar-refractivity contribution in [2.45, 2.75) is 0 Å². The van der Waals surface area contributed by atoms with Gasteiger partial charge in [0.05, 0.1) is 0 Å². The Hall–Kier alpha value is -0.980. The van der Waals surface area contributed by atoms with E-state index in [-0.39, 0.29) is 5.91 Å². The quantitative estimate of drug-likeness (QED) is 0.890. The average Bonchev–Trinajstić information content (AvgIpc) is 2.41. The largest absolute Gasteiger partial charge is 0.349 e. The molecule has 2 rings (SSSR count). The monoisotopic (exact) mass is 326 g/mol. The highest BCUT2D eigenvalue weighted by Crippen LogP contribution is 2.07. The van der Waals surface area contributed by atoms with Crippen molar-refractivity contribution in [2.24, 2.45) is 0 Å². The van der Waals surface area contributed by atoms with Crippen molar-refractivity contribution in [1.82, 2.24) is 20.1 Å². The van der Waals surface area contributed by atoms with Crippen molar-refractivity contribution in [3.63, 3.8) is 0 Å². The molecule has 2 heterocycles. The molecule has 1 fully saturated rings. The Morgan fingerprint density at radius 1 is 1.37 bits per heavy atom. The van der Waals surface area contributed by atoms with Crippen molar-refractivity contribution in [1.29, 1.82) is 0 Å². The first-order valence-electron chi connectivity index (χ1n) is 6.46. The highest BCUT2D eigenvalue weighted by Gasteiger charge is 2.13. The van der Waals surface area contributed by atoms with E-state index < -0.39 is 0 Å². The van der Waals surface area contributed by atoms with Gasteiger partial charge in [-0.25, -0.2) is 4.98 Å². The Bertz CT molecular complexity index is 415. The minimum atomic E-state index is -0.110. The summed E-state index contributed by atoms with van der Waals surface area (Å²) in [5.74, 6) is -0.110. The molecule has 6 heteroatoms. The number of hydrogen-bond acceptors (Lipinski definition) is 4. The first-order valence-corrected chi connectivity index (χ1v) is 7.25. The number of pyridine rings is 1. The number of aromatic nitrogens is 1. The number of likely N-dealkylation sites (N-methyl/N-ethyl adjacent to an activating group) is 1. The van der Waals surface area contributed by atoms with E-state index in [1.807, 2.05) is 6.07 Å². The van der Waals surface area contributed by atoms with Gasteiger partial charge in [-0.05, 0) is 35.1 Å². The summed E-state index contributed by atoms with van der Waals surface area (Å²) in [6.45, 7) is 5.91. The predicted molar refractivity (Wildman–Crippen MR) is 78.2 cm³/mol. The number of nitrogens with one attached hydrogen (secondary N) is 1. The number of rotatable bonds is 4. The minimum Gasteiger partial charge on any atom is -0.349 e. The number of halogens is 1. The van der Waals surface area contributed by atoms with E-state index in [0.717, 1.165) is 37.2 Å². The van der Waals surface area contributed by atoms with Crippen LogP contribution in [0.3, 0.4) is 0 Å². The van der Waals surface area contributed by atoms with Gasteiger partial charge in [0.1, 0.15) is 5.69 Å². The number of amides is 1. The maximum absolute atomic E-state index is 11.8. The molecule has 0 aliphatic carbocycles. The molecule has 19 heavy (non-hydrogen) atoms. The van der Waals surface area contributed by atoms with Crippen molar-refractivity contribution in [3.05, 3.63) is 28.5 Å². The van der Waals surface area contributed by atoms with Gasteiger partial charge in [-0.15, -0.1) is 0 Å². The third-order valence-electron chi connectivity index (χ3n) is 3.27. The smallest absolute Gasteiger partial charge is 0.269 e. The molecule has 1 aliphatic heterocycles. The molecule has 1 aliphatic rings. The van der Waals surface area contributed by atoms with Gasteiger partial charge in [-0.3, -0.25) is 9.69 Å². The summed E-state index contributed by atoms with van der Waals surface area (Å²) in [4.78, 5) is 20.6. The molecule has 0 unspecified atom stereocenters. The normalized spacial score (nSPS) is 17.4. The molecule has 0 radical (unpaired) electrons. The van der Waals surface area contributed by atoms with Crippen LogP contribution in [-0.2, 0) is 0 Å². The number of carbonyl (C=O) groups excluding carboxylic acids is 1. The molecule has 0 spiro atoms. The zero-order valence-electron chi connectivity index (χ0n) is 11.1. The van der Waals surface area contributed by atoms with Gasteiger partial charge in [0.2, 0.25) is 0 Å². The number of carbonyl (C=O) groups is 1. The van der Waals surface area contributed by atoms with Crippen LogP contribution in [0.4, 0.5) is 0 Å². The topological polar surface area (TPSA) is 48.5 Å². The molecular weight excluding hydrogens is 308 g/mol. The first-order chi connectivity index (χ1) is 9.15. The van der Waals surface area contributed by atoms with Crippen LogP contribution in [0.1, 0.15) is 10.5 Å². The minimum absolute atomic E-state index is 0.110. The average molecular weight is 327 g/mol.